The maximum absolute atomic E-state index is 6.34. The highest BCUT2D eigenvalue weighted by Gasteiger charge is 2.32. The van der Waals surface area contributed by atoms with Crippen molar-refractivity contribution in [3.05, 3.63) is 0 Å². The summed E-state index contributed by atoms with van der Waals surface area (Å²) in [6.07, 6.45) is 15.8. The van der Waals surface area contributed by atoms with Crippen molar-refractivity contribution in [1.82, 2.24) is 0 Å². The second-order valence-electron chi connectivity index (χ2n) is 5.78. The molecule has 0 atom stereocenters. The first-order valence-electron chi connectivity index (χ1n) is 7.83. The molecule has 2 heteroatoms. The van der Waals surface area contributed by atoms with Crippen LogP contribution in [-0.4, -0.2) is 17.9 Å². The molecule has 0 amide bonds. The fourth-order valence-electron chi connectivity index (χ4n) is 3.38. The highest BCUT2D eigenvalue weighted by Crippen LogP contribution is 2.56. The van der Waals surface area contributed by atoms with Crippen molar-refractivity contribution in [3.8, 4) is 0 Å². The van der Waals surface area contributed by atoms with Crippen LogP contribution in [0.1, 0.15) is 77.6 Å². The first-order valence-corrected chi connectivity index (χ1v) is 9.23. The molecule has 0 aromatic heterocycles. The van der Waals surface area contributed by atoms with Crippen molar-refractivity contribution in [2.45, 2.75) is 88.9 Å². The van der Waals surface area contributed by atoms with Crippen LogP contribution in [0.25, 0.3) is 0 Å². The maximum Gasteiger partial charge on any atom is 0.0506 e. The van der Waals surface area contributed by atoms with E-state index in [1.807, 2.05) is 0 Å². The van der Waals surface area contributed by atoms with E-state index in [1.165, 1.54) is 70.6 Å². The Morgan fingerprint density at radius 1 is 0.824 bits per heavy atom. The summed E-state index contributed by atoms with van der Waals surface area (Å²) in [5, 5.41) is 0. The van der Waals surface area contributed by atoms with Crippen LogP contribution >= 0.6 is 8.15 Å². The van der Waals surface area contributed by atoms with Crippen LogP contribution < -0.4 is 0 Å². The summed E-state index contributed by atoms with van der Waals surface area (Å²) in [4.78, 5) is 0. The predicted octanol–water partition coefficient (Wildman–Crippen LogP) is 5.48. The molecule has 0 saturated heterocycles. The van der Waals surface area contributed by atoms with E-state index < -0.39 is 0 Å². The fourth-order valence-corrected chi connectivity index (χ4v) is 6.54. The van der Waals surface area contributed by atoms with Crippen molar-refractivity contribution >= 4 is 8.15 Å². The third-order valence-corrected chi connectivity index (χ3v) is 7.27. The second kappa shape index (κ2) is 7.74. The van der Waals surface area contributed by atoms with E-state index in [1.54, 1.807) is 0 Å². The molecule has 2 saturated carbocycles. The standard InChI is InChI=1S/C15H29OP/c1-2-13-16-17(14-9-5-3-6-10-14)15-11-7-4-8-12-15/h14-15H,2-13H2,1H3. The number of hydrogen-bond donors (Lipinski definition) is 0. The summed E-state index contributed by atoms with van der Waals surface area (Å²) in [6.45, 7) is 3.26. The lowest BCUT2D eigenvalue weighted by atomic mass is 10.00. The summed E-state index contributed by atoms with van der Waals surface area (Å²) in [7, 11) is -0.103. The molecular weight excluding hydrogens is 227 g/mol. The quantitative estimate of drug-likeness (QED) is 0.592. The lowest BCUT2D eigenvalue weighted by Gasteiger charge is -2.37. The van der Waals surface area contributed by atoms with Gasteiger partial charge < -0.3 is 4.52 Å². The number of hydrogen-bond acceptors (Lipinski definition) is 1. The van der Waals surface area contributed by atoms with Gasteiger partial charge in [-0.1, -0.05) is 45.4 Å². The van der Waals surface area contributed by atoms with E-state index in [0.29, 0.717) is 0 Å². The first-order chi connectivity index (χ1) is 8.42. The Hall–Kier alpha value is 0.390. The highest BCUT2D eigenvalue weighted by atomic mass is 31.1. The monoisotopic (exact) mass is 256 g/mol. The molecule has 0 bridgehead atoms. The van der Waals surface area contributed by atoms with E-state index in [2.05, 4.69) is 6.92 Å². The van der Waals surface area contributed by atoms with Crippen LogP contribution in [0.2, 0.25) is 0 Å². The third-order valence-electron chi connectivity index (χ3n) is 4.31. The van der Waals surface area contributed by atoms with E-state index in [-0.39, 0.29) is 8.15 Å². The van der Waals surface area contributed by atoms with Crippen LogP contribution in [0.15, 0.2) is 0 Å². The summed E-state index contributed by atoms with van der Waals surface area (Å²) in [5.74, 6) is 0. The zero-order chi connectivity index (χ0) is 11.9. The lowest BCUT2D eigenvalue weighted by Crippen LogP contribution is -2.21. The van der Waals surface area contributed by atoms with Crippen molar-refractivity contribution in [1.29, 1.82) is 0 Å². The van der Waals surface area contributed by atoms with Crippen LogP contribution in [-0.2, 0) is 4.52 Å². The summed E-state index contributed by atoms with van der Waals surface area (Å²) >= 11 is 0. The molecule has 0 unspecified atom stereocenters. The van der Waals surface area contributed by atoms with Gasteiger partial charge in [-0.25, -0.2) is 0 Å². The molecule has 17 heavy (non-hydrogen) atoms. The average molecular weight is 256 g/mol. The van der Waals surface area contributed by atoms with Gasteiger partial charge in [-0.2, -0.15) is 0 Å². The molecule has 2 fully saturated rings. The lowest BCUT2D eigenvalue weighted by molar-refractivity contribution is 0.324. The topological polar surface area (TPSA) is 9.23 Å². The average Bonchev–Trinajstić information content (AvgIpc) is 2.42. The van der Waals surface area contributed by atoms with E-state index >= 15 is 0 Å². The minimum Gasteiger partial charge on any atom is -0.359 e. The largest absolute Gasteiger partial charge is 0.359 e. The molecule has 0 heterocycles. The maximum atomic E-state index is 6.34. The van der Waals surface area contributed by atoms with Gasteiger partial charge in [-0.05, 0) is 32.1 Å². The Balaban J connectivity index is 1.90. The molecule has 0 spiro atoms. The van der Waals surface area contributed by atoms with Gasteiger partial charge in [0.1, 0.15) is 0 Å². The smallest absolute Gasteiger partial charge is 0.0506 e. The van der Waals surface area contributed by atoms with Crippen molar-refractivity contribution in [2.75, 3.05) is 6.61 Å². The second-order valence-corrected chi connectivity index (χ2v) is 8.22. The van der Waals surface area contributed by atoms with Crippen molar-refractivity contribution in [2.24, 2.45) is 0 Å². The third kappa shape index (κ3) is 4.21. The molecule has 0 aromatic carbocycles. The van der Waals surface area contributed by atoms with Crippen LogP contribution in [0.3, 0.4) is 0 Å². The molecule has 1 nitrogen and oxygen atoms in total. The predicted molar refractivity (Wildman–Crippen MR) is 76.9 cm³/mol. The Kier molecular flexibility index (Phi) is 6.29. The molecule has 0 aliphatic heterocycles. The summed E-state index contributed by atoms with van der Waals surface area (Å²) < 4.78 is 6.34. The molecule has 100 valence electrons. The first kappa shape index (κ1) is 13.8. The van der Waals surface area contributed by atoms with Crippen LogP contribution in [0.5, 0.6) is 0 Å². The van der Waals surface area contributed by atoms with Gasteiger partial charge in [0.25, 0.3) is 0 Å². The molecule has 2 rings (SSSR count). The van der Waals surface area contributed by atoms with Gasteiger partial charge >= 0.3 is 0 Å². The molecule has 0 aromatic rings. The van der Waals surface area contributed by atoms with E-state index in [4.69, 9.17) is 4.52 Å². The van der Waals surface area contributed by atoms with Crippen LogP contribution in [0.4, 0.5) is 0 Å². The van der Waals surface area contributed by atoms with E-state index in [0.717, 1.165) is 17.9 Å². The minimum absolute atomic E-state index is 0.103. The normalized spacial score (nSPS) is 24.4. The van der Waals surface area contributed by atoms with Gasteiger partial charge in [-0.3, -0.25) is 0 Å². The minimum atomic E-state index is -0.103. The zero-order valence-corrected chi connectivity index (χ0v) is 12.4. The summed E-state index contributed by atoms with van der Waals surface area (Å²) in [5.41, 5.74) is 1.90. The summed E-state index contributed by atoms with van der Waals surface area (Å²) in [6, 6.07) is 0. The Morgan fingerprint density at radius 3 is 1.71 bits per heavy atom. The SMILES string of the molecule is CCCOP(C1CCCCC1)C1CCCCC1. The van der Waals surface area contributed by atoms with Gasteiger partial charge in [-0.15, -0.1) is 0 Å². The fraction of sp³-hybridized carbons (Fsp3) is 1.00. The van der Waals surface area contributed by atoms with Gasteiger partial charge in [0, 0.05) is 19.5 Å². The van der Waals surface area contributed by atoms with Gasteiger partial charge in [0.05, 0.1) is 6.61 Å². The molecule has 0 N–H and O–H groups in total. The molecular formula is C15H29OP. The Bertz CT molecular complexity index is 177. The Labute approximate surface area is 109 Å². The van der Waals surface area contributed by atoms with Crippen LogP contribution in [0, 0.1) is 0 Å². The Morgan fingerprint density at radius 2 is 1.29 bits per heavy atom. The van der Waals surface area contributed by atoms with Crippen molar-refractivity contribution < 1.29 is 4.52 Å². The highest BCUT2D eigenvalue weighted by molar-refractivity contribution is 7.54. The zero-order valence-electron chi connectivity index (χ0n) is 11.5. The number of rotatable bonds is 5. The van der Waals surface area contributed by atoms with Gasteiger partial charge in [0.2, 0.25) is 0 Å². The molecule has 2 aliphatic rings. The van der Waals surface area contributed by atoms with Crippen molar-refractivity contribution in [3.63, 3.8) is 0 Å². The molecule has 2 aliphatic carbocycles. The van der Waals surface area contributed by atoms with Gasteiger partial charge in [0.15, 0.2) is 0 Å². The van der Waals surface area contributed by atoms with E-state index in [9.17, 15) is 0 Å². The molecule has 0 radical (unpaired) electrons.